The molecule has 1 aliphatic heterocycles. The van der Waals surface area contributed by atoms with E-state index in [9.17, 15) is 0 Å². The third-order valence-electron chi connectivity index (χ3n) is 5.96. The van der Waals surface area contributed by atoms with E-state index in [0.29, 0.717) is 5.92 Å². The summed E-state index contributed by atoms with van der Waals surface area (Å²) >= 11 is 0. The highest BCUT2D eigenvalue weighted by Crippen LogP contribution is 2.53. The van der Waals surface area contributed by atoms with Gasteiger partial charge in [-0.2, -0.15) is 0 Å². The van der Waals surface area contributed by atoms with E-state index in [4.69, 9.17) is 9.15 Å². The average molecular weight is 256 g/mol. The molecule has 2 heteroatoms. The molecule has 5 rings (SSSR count). The second kappa shape index (κ2) is 3.76. The predicted octanol–water partition coefficient (Wildman–Crippen LogP) is 3.96. The van der Waals surface area contributed by atoms with Crippen LogP contribution < -0.4 is 0 Å². The van der Waals surface area contributed by atoms with Gasteiger partial charge < -0.3 is 9.15 Å². The van der Waals surface area contributed by atoms with Crippen LogP contribution in [0.1, 0.15) is 54.9 Å². The molecular weight excluding hydrogens is 236 g/mol. The number of hydrogen-bond acceptors (Lipinski definition) is 2. The van der Waals surface area contributed by atoms with E-state index in [-0.39, 0.29) is 0 Å². The lowest BCUT2D eigenvalue weighted by Crippen LogP contribution is -2.29. The molecule has 1 saturated carbocycles. The Morgan fingerprint density at radius 1 is 1.11 bits per heavy atom. The van der Waals surface area contributed by atoms with Gasteiger partial charge in [0.25, 0.3) is 0 Å². The van der Waals surface area contributed by atoms with E-state index >= 15 is 0 Å². The topological polar surface area (TPSA) is 22.4 Å². The molecule has 0 N–H and O–H groups in total. The third-order valence-corrected chi connectivity index (χ3v) is 5.96. The molecule has 1 fully saturated rings. The predicted molar refractivity (Wildman–Crippen MR) is 71.9 cm³/mol. The van der Waals surface area contributed by atoms with Gasteiger partial charge in [-0.25, -0.2) is 0 Å². The van der Waals surface area contributed by atoms with Crippen molar-refractivity contribution in [2.24, 2.45) is 11.8 Å². The Labute approximate surface area is 113 Å². The highest BCUT2D eigenvalue weighted by Gasteiger charge is 2.42. The minimum atomic E-state index is 0.530. The van der Waals surface area contributed by atoms with Crippen LogP contribution in [-0.4, -0.2) is 6.61 Å². The monoisotopic (exact) mass is 256 g/mol. The second-order valence-corrected chi connectivity index (χ2v) is 6.73. The van der Waals surface area contributed by atoms with E-state index in [0.717, 1.165) is 31.5 Å². The zero-order valence-corrected chi connectivity index (χ0v) is 11.3. The number of hydrogen-bond donors (Lipinski definition) is 0. The van der Waals surface area contributed by atoms with E-state index in [2.05, 4.69) is 0 Å². The SMILES string of the molecule is c1oc2c3c1COCC3C1=C(C2)C2CCCC2CC1. The van der Waals surface area contributed by atoms with Crippen LogP contribution in [-0.2, 0) is 17.8 Å². The molecule has 3 atom stereocenters. The van der Waals surface area contributed by atoms with Gasteiger partial charge in [-0.1, -0.05) is 17.6 Å². The van der Waals surface area contributed by atoms with Crippen molar-refractivity contribution in [3.05, 3.63) is 34.3 Å². The maximum atomic E-state index is 5.87. The number of ether oxygens (including phenoxy) is 1. The molecule has 1 aromatic heterocycles. The fourth-order valence-electron chi connectivity index (χ4n) is 5.16. The molecule has 100 valence electrons. The summed E-state index contributed by atoms with van der Waals surface area (Å²) in [6.07, 6.45) is 10.1. The van der Waals surface area contributed by atoms with Crippen molar-refractivity contribution in [3.8, 4) is 0 Å². The molecular formula is C17H20O2. The molecule has 1 aromatic rings. The second-order valence-electron chi connectivity index (χ2n) is 6.73. The van der Waals surface area contributed by atoms with Gasteiger partial charge in [-0.3, -0.25) is 0 Å². The van der Waals surface area contributed by atoms with Crippen LogP contribution in [0.25, 0.3) is 0 Å². The normalized spacial score (nSPS) is 35.9. The van der Waals surface area contributed by atoms with E-state index in [1.165, 1.54) is 49.0 Å². The van der Waals surface area contributed by atoms with Gasteiger partial charge in [-0.05, 0) is 37.5 Å². The maximum absolute atomic E-state index is 5.87. The summed E-state index contributed by atoms with van der Waals surface area (Å²) in [5, 5.41) is 0. The first-order chi connectivity index (χ1) is 9.42. The minimum absolute atomic E-state index is 0.530. The van der Waals surface area contributed by atoms with Crippen LogP contribution in [0.5, 0.6) is 0 Å². The lowest BCUT2D eigenvalue weighted by molar-refractivity contribution is 0.0958. The van der Waals surface area contributed by atoms with Crippen LogP contribution in [0.2, 0.25) is 0 Å². The molecule has 0 bridgehead atoms. The number of fused-ring (bicyclic) bond motifs is 3. The fraction of sp³-hybridized carbons (Fsp3) is 0.647. The fourth-order valence-corrected chi connectivity index (χ4v) is 5.16. The largest absolute Gasteiger partial charge is 0.468 e. The van der Waals surface area contributed by atoms with E-state index in [1.54, 1.807) is 11.1 Å². The molecule has 3 unspecified atom stereocenters. The Bertz CT molecular complexity index is 566. The summed E-state index contributed by atoms with van der Waals surface area (Å²) in [5.41, 5.74) is 6.29. The summed E-state index contributed by atoms with van der Waals surface area (Å²) in [4.78, 5) is 0. The zero-order valence-electron chi connectivity index (χ0n) is 11.3. The molecule has 2 nitrogen and oxygen atoms in total. The zero-order chi connectivity index (χ0) is 12.4. The van der Waals surface area contributed by atoms with Crippen LogP contribution >= 0.6 is 0 Å². The quantitative estimate of drug-likeness (QED) is 0.656. The molecule has 4 aliphatic rings. The van der Waals surface area contributed by atoms with E-state index in [1.807, 2.05) is 6.26 Å². The third kappa shape index (κ3) is 1.36. The Balaban J connectivity index is 1.65. The van der Waals surface area contributed by atoms with Gasteiger partial charge in [0, 0.05) is 23.5 Å². The van der Waals surface area contributed by atoms with Gasteiger partial charge in [0.15, 0.2) is 0 Å². The number of allylic oxidation sites excluding steroid dienone is 1. The summed E-state index contributed by atoms with van der Waals surface area (Å²) in [6, 6.07) is 0. The van der Waals surface area contributed by atoms with Crippen molar-refractivity contribution in [1.82, 2.24) is 0 Å². The summed E-state index contributed by atoms with van der Waals surface area (Å²) < 4.78 is 11.7. The maximum Gasteiger partial charge on any atom is 0.112 e. The molecule has 0 amide bonds. The standard InChI is InChI=1S/C17H20O2/c1-2-10-4-5-13-14(12(10)3-1)6-16-17-11(8-19-16)7-18-9-15(13)17/h8,10,12,15H,1-7,9H2. The first kappa shape index (κ1) is 10.7. The van der Waals surface area contributed by atoms with Crippen molar-refractivity contribution in [2.45, 2.75) is 51.0 Å². The van der Waals surface area contributed by atoms with Crippen LogP contribution in [0.4, 0.5) is 0 Å². The minimum Gasteiger partial charge on any atom is -0.468 e. The molecule has 0 radical (unpaired) electrons. The summed E-state index contributed by atoms with van der Waals surface area (Å²) in [5.74, 6) is 3.63. The van der Waals surface area contributed by atoms with Gasteiger partial charge in [0.2, 0.25) is 0 Å². The number of furan rings is 1. The number of rotatable bonds is 0. The molecule has 19 heavy (non-hydrogen) atoms. The smallest absolute Gasteiger partial charge is 0.112 e. The Morgan fingerprint density at radius 3 is 3.11 bits per heavy atom. The van der Waals surface area contributed by atoms with Gasteiger partial charge in [0.05, 0.1) is 19.5 Å². The Morgan fingerprint density at radius 2 is 2.11 bits per heavy atom. The van der Waals surface area contributed by atoms with Gasteiger partial charge in [0.1, 0.15) is 5.76 Å². The van der Waals surface area contributed by atoms with Crippen LogP contribution in [0.15, 0.2) is 21.8 Å². The lowest BCUT2D eigenvalue weighted by Gasteiger charge is -2.39. The highest BCUT2D eigenvalue weighted by molar-refractivity contribution is 5.48. The van der Waals surface area contributed by atoms with Crippen LogP contribution in [0, 0.1) is 11.8 Å². The van der Waals surface area contributed by atoms with Gasteiger partial charge in [-0.15, -0.1) is 0 Å². The van der Waals surface area contributed by atoms with Crippen LogP contribution in [0.3, 0.4) is 0 Å². The molecule has 2 heterocycles. The molecule has 0 spiro atoms. The first-order valence-electron chi connectivity index (χ1n) is 7.80. The van der Waals surface area contributed by atoms with Crippen molar-refractivity contribution in [1.29, 1.82) is 0 Å². The van der Waals surface area contributed by atoms with Crippen molar-refractivity contribution < 1.29 is 9.15 Å². The lowest BCUT2D eigenvalue weighted by atomic mass is 9.67. The Kier molecular flexibility index (Phi) is 2.12. The Hall–Kier alpha value is -1.02. The van der Waals surface area contributed by atoms with Crippen molar-refractivity contribution in [3.63, 3.8) is 0 Å². The molecule has 0 saturated heterocycles. The highest BCUT2D eigenvalue weighted by atomic mass is 16.5. The van der Waals surface area contributed by atoms with E-state index < -0.39 is 0 Å². The van der Waals surface area contributed by atoms with Crippen molar-refractivity contribution in [2.75, 3.05) is 6.61 Å². The molecule has 0 aromatic carbocycles. The summed E-state index contributed by atoms with van der Waals surface area (Å²) in [6.45, 7) is 1.64. The average Bonchev–Trinajstić information content (AvgIpc) is 3.07. The molecule has 3 aliphatic carbocycles. The van der Waals surface area contributed by atoms with Gasteiger partial charge >= 0.3 is 0 Å². The van der Waals surface area contributed by atoms with Crippen molar-refractivity contribution >= 4 is 0 Å². The summed E-state index contributed by atoms with van der Waals surface area (Å²) in [7, 11) is 0. The first-order valence-corrected chi connectivity index (χ1v) is 7.80.